The van der Waals surface area contributed by atoms with Gasteiger partial charge in [0.2, 0.25) is 0 Å². The van der Waals surface area contributed by atoms with Gasteiger partial charge in [0.25, 0.3) is 5.91 Å². The Morgan fingerprint density at radius 2 is 2.14 bits per heavy atom. The molecule has 0 atom stereocenters. The molecule has 2 aromatic rings. The molecule has 0 fully saturated rings. The van der Waals surface area contributed by atoms with Crippen LogP contribution in [0.5, 0.6) is 5.75 Å². The minimum Gasteiger partial charge on any atom is -0.484 e. The number of ether oxygens (including phenoxy) is 1. The monoisotopic (exact) mass is 301 g/mol. The summed E-state index contributed by atoms with van der Waals surface area (Å²) in [5.41, 5.74) is 6.73. The number of carbonyl (C=O) groups excluding carboxylic acids is 1. The van der Waals surface area contributed by atoms with Crippen molar-refractivity contribution in [1.29, 1.82) is 5.26 Å². The Hall–Kier alpha value is -2.71. The molecule has 0 aliphatic heterocycles. The number of benzene rings is 2. The van der Waals surface area contributed by atoms with Gasteiger partial charge in [0.05, 0.1) is 11.3 Å². The lowest BCUT2D eigenvalue weighted by Crippen LogP contribution is -2.20. The highest BCUT2D eigenvalue weighted by Gasteiger charge is 2.08. The molecule has 0 unspecified atom stereocenters. The Bertz CT molecular complexity index is 710. The van der Waals surface area contributed by atoms with Crippen LogP contribution in [0, 0.1) is 11.3 Å². The topological polar surface area (TPSA) is 88.1 Å². The van der Waals surface area contributed by atoms with Crippen LogP contribution in [-0.2, 0) is 4.79 Å². The fraction of sp³-hybridized carbons (Fsp3) is 0.0667. The van der Waals surface area contributed by atoms with Crippen molar-refractivity contribution in [2.75, 3.05) is 17.7 Å². The molecule has 0 saturated heterocycles. The van der Waals surface area contributed by atoms with E-state index in [1.807, 2.05) is 6.07 Å². The van der Waals surface area contributed by atoms with Crippen molar-refractivity contribution in [1.82, 2.24) is 0 Å². The molecule has 0 aliphatic carbocycles. The molecule has 2 rings (SSSR count). The first-order valence-electron chi connectivity index (χ1n) is 6.06. The molecule has 0 radical (unpaired) electrons. The van der Waals surface area contributed by atoms with E-state index < -0.39 is 0 Å². The first kappa shape index (κ1) is 14.7. The number of halogens is 1. The molecular formula is C15H12ClN3O2. The predicted molar refractivity (Wildman–Crippen MR) is 81.1 cm³/mol. The zero-order valence-corrected chi connectivity index (χ0v) is 11.7. The number of nitrogens with zero attached hydrogens (tertiary/aromatic N) is 1. The van der Waals surface area contributed by atoms with Crippen molar-refractivity contribution < 1.29 is 9.53 Å². The fourth-order valence-corrected chi connectivity index (χ4v) is 1.84. The van der Waals surface area contributed by atoms with E-state index >= 15 is 0 Å². The molecule has 0 heterocycles. The van der Waals surface area contributed by atoms with Gasteiger partial charge >= 0.3 is 0 Å². The van der Waals surface area contributed by atoms with Crippen molar-refractivity contribution in [2.24, 2.45) is 0 Å². The number of rotatable bonds is 4. The van der Waals surface area contributed by atoms with E-state index in [1.165, 1.54) is 6.07 Å². The number of nitrogens with two attached hydrogens (primary N) is 1. The third-order valence-corrected chi connectivity index (χ3v) is 2.84. The highest BCUT2D eigenvalue weighted by Crippen LogP contribution is 2.19. The van der Waals surface area contributed by atoms with Crippen LogP contribution >= 0.6 is 11.6 Å². The Labute approximate surface area is 126 Å². The predicted octanol–water partition coefficient (Wildman–Crippen LogP) is 2.81. The molecule has 21 heavy (non-hydrogen) atoms. The summed E-state index contributed by atoms with van der Waals surface area (Å²) in [5, 5.41) is 12.1. The SMILES string of the molecule is N#Cc1cc(N)ccc1NC(=O)COc1cccc(Cl)c1. The summed E-state index contributed by atoms with van der Waals surface area (Å²) >= 11 is 5.82. The highest BCUT2D eigenvalue weighted by molar-refractivity contribution is 6.30. The number of carbonyl (C=O) groups is 1. The second kappa shape index (κ2) is 6.64. The van der Waals surface area contributed by atoms with Crippen LogP contribution in [0.2, 0.25) is 5.02 Å². The molecule has 0 aliphatic rings. The molecule has 1 amide bonds. The molecule has 0 spiro atoms. The molecule has 0 saturated carbocycles. The lowest BCUT2D eigenvalue weighted by Gasteiger charge is -2.09. The largest absolute Gasteiger partial charge is 0.484 e. The van der Waals surface area contributed by atoms with Crippen LogP contribution in [0.15, 0.2) is 42.5 Å². The van der Waals surface area contributed by atoms with Crippen LogP contribution in [0.4, 0.5) is 11.4 Å². The third kappa shape index (κ3) is 4.13. The van der Waals surface area contributed by atoms with Gasteiger partial charge in [-0.15, -0.1) is 0 Å². The van der Waals surface area contributed by atoms with E-state index in [2.05, 4.69) is 5.32 Å². The summed E-state index contributed by atoms with van der Waals surface area (Å²) in [6.45, 7) is -0.185. The third-order valence-electron chi connectivity index (χ3n) is 2.60. The van der Waals surface area contributed by atoms with Crippen LogP contribution in [0.1, 0.15) is 5.56 Å². The Morgan fingerprint density at radius 1 is 1.33 bits per heavy atom. The Morgan fingerprint density at radius 3 is 2.86 bits per heavy atom. The molecule has 0 bridgehead atoms. The van der Waals surface area contributed by atoms with E-state index in [0.29, 0.717) is 27.7 Å². The first-order chi connectivity index (χ1) is 10.1. The highest BCUT2D eigenvalue weighted by atomic mass is 35.5. The van der Waals surface area contributed by atoms with Crippen molar-refractivity contribution >= 4 is 28.9 Å². The summed E-state index contributed by atoms with van der Waals surface area (Å²) < 4.78 is 5.31. The van der Waals surface area contributed by atoms with Gasteiger partial charge < -0.3 is 15.8 Å². The number of amides is 1. The summed E-state index contributed by atoms with van der Waals surface area (Å²) in [7, 11) is 0. The maximum Gasteiger partial charge on any atom is 0.262 e. The maximum atomic E-state index is 11.8. The van der Waals surface area contributed by atoms with Gasteiger partial charge in [-0.2, -0.15) is 5.26 Å². The number of hydrogen-bond donors (Lipinski definition) is 2. The summed E-state index contributed by atoms with van der Waals surface area (Å²) in [6.07, 6.45) is 0. The Balaban J connectivity index is 1.98. The van der Waals surface area contributed by atoms with Crippen molar-refractivity contribution in [2.45, 2.75) is 0 Å². The number of anilines is 2. The quantitative estimate of drug-likeness (QED) is 0.850. The molecule has 0 aromatic heterocycles. The lowest BCUT2D eigenvalue weighted by molar-refractivity contribution is -0.118. The molecule has 2 aromatic carbocycles. The van der Waals surface area contributed by atoms with Crippen molar-refractivity contribution in [3.8, 4) is 11.8 Å². The number of nitriles is 1. The number of nitrogens with one attached hydrogen (secondary N) is 1. The smallest absolute Gasteiger partial charge is 0.262 e. The second-order valence-electron chi connectivity index (χ2n) is 4.21. The summed E-state index contributed by atoms with van der Waals surface area (Å²) in [5.74, 6) is 0.117. The lowest BCUT2D eigenvalue weighted by atomic mass is 10.1. The minimum atomic E-state index is -0.378. The fourth-order valence-electron chi connectivity index (χ4n) is 1.66. The molecule has 6 heteroatoms. The standard InChI is InChI=1S/C15H12ClN3O2/c16-11-2-1-3-13(7-11)21-9-15(20)19-14-5-4-12(18)6-10(14)8-17/h1-7H,9,18H2,(H,19,20). The average molecular weight is 302 g/mol. The van der Waals surface area contributed by atoms with Gasteiger partial charge in [0.1, 0.15) is 11.8 Å². The number of hydrogen-bond acceptors (Lipinski definition) is 4. The molecule has 3 N–H and O–H groups in total. The zero-order chi connectivity index (χ0) is 15.2. The second-order valence-corrected chi connectivity index (χ2v) is 4.65. The van der Waals surface area contributed by atoms with E-state index in [0.717, 1.165) is 0 Å². The van der Waals surface area contributed by atoms with Gasteiger partial charge in [-0.25, -0.2) is 0 Å². The maximum absolute atomic E-state index is 11.8. The van der Waals surface area contributed by atoms with E-state index in [9.17, 15) is 4.79 Å². The van der Waals surface area contributed by atoms with Crippen LogP contribution in [-0.4, -0.2) is 12.5 Å². The van der Waals surface area contributed by atoms with Gasteiger partial charge in [-0.1, -0.05) is 17.7 Å². The van der Waals surface area contributed by atoms with E-state index in [1.54, 1.807) is 36.4 Å². The van der Waals surface area contributed by atoms with E-state index in [4.69, 9.17) is 27.3 Å². The normalized spacial score (nSPS) is 9.71. The van der Waals surface area contributed by atoms with Crippen LogP contribution in [0.3, 0.4) is 0 Å². The van der Waals surface area contributed by atoms with Crippen molar-refractivity contribution in [3.63, 3.8) is 0 Å². The van der Waals surface area contributed by atoms with E-state index in [-0.39, 0.29) is 12.5 Å². The van der Waals surface area contributed by atoms with Gasteiger partial charge in [-0.3, -0.25) is 4.79 Å². The molecular weight excluding hydrogens is 290 g/mol. The molecule has 106 valence electrons. The zero-order valence-electron chi connectivity index (χ0n) is 11.0. The Kier molecular flexibility index (Phi) is 4.64. The first-order valence-corrected chi connectivity index (χ1v) is 6.44. The van der Waals surface area contributed by atoms with Crippen LogP contribution in [0.25, 0.3) is 0 Å². The van der Waals surface area contributed by atoms with Crippen molar-refractivity contribution in [3.05, 3.63) is 53.1 Å². The van der Waals surface area contributed by atoms with Crippen LogP contribution < -0.4 is 15.8 Å². The van der Waals surface area contributed by atoms with Gasteiger partial charge in [0, 0.05) is 10.7 Å². The number of nitrogen functional groups attached to an aromatic ring is 1. The van der Waals surface area contributed by atoms with Gasteiger partial charge in [-0.05, 0) is 36.4 Å². The van der Waals surface area contributed by atoms with Gasteiger partial charge in [0.15, 0.2) is 6.61 Å². The summed E-state index contributed by atoms with van der Waals surface area (Å²) in [6, 6.07) is 13.4. The molecule has 5 nitrogen and oxygen atoms in total. The minimum absolute atomic E-state index is 0.185. The average Bonchev–Trinajstić information content (AvgIpc) is 2.47. The summed E-state index contributed by atoms with van der Waals surface area (Å²) in [4.78, 5) is 11.8.